The lowest BCUT2D eigenvalue weighted by atomic mass is 9.90. The van der Waals surface area contributed by atoms with Gasteiger partial charge in [0.25, 0.3) is 0 Å². The van der Waals surface area contributed by atoms with E-state index in [1.165, 1.54) is 84.5 Å². The van der Waals surface area contributed by atoms with Crippen LogP contribution >= 0.6 is 22.7 Å². The van der Waals surface area contributed by atoms with Gasteiger partial charge in [0.15, 0.2) is 0 Å². The second kappa shape index (κ2) is 15.0. The number of fused-ring (bicyclic) bond motifs is 10. The van der Waals surface area contributed by atoms with E-state index in [0.717, 1.165) is 50.6 Å². The molecule has 0 aliphatic rings. The zero-order valence-corrected chi connectivity index (χ0v) is 35.7. The van der Waals surface area contributed by atoms with Crippen molar-refractivity contribution in [2.24, 2.45) is 4.99 Å². The van der Waals surface area contributed by atoms with E-state index < -0.39 is 0 Å². The molecule has 4 heteroatoms. The van der Waals surface area contributed by atoms with Gasteiger partial charge in [0, 0.05) is 52.3 Å². The highest BCUT2D eigenvalue weighted by molar-refractivity contribution is 7.26. The largest absolute Gasteiger partial charge is 0.456 e. The molecule has 0 bridgehead atoms. The van der Waals surface area contributed by atoms with Crippen LogP contribution in [0.1, 0.15) is 46.5 Å². The molecule has 0 fully saturated rings. The topological polar surface area (TPSA) is 25.5 Å². The summed E-state index contributed by atoms with van der Waals surface area (Å²) in [5.41, 5.74) is 12.5. The highest BCUT2D eigenvalue weighted by atomic mass is 32.1. The third-order valence-corrected chi connectivity index (χ3v) is 14.5. The minimum Gasteiger partial charge on any atom is -0.456 e. The van der Waals surface area contributed by atoms with Gasteiger partial charge >= 0.3 is 0 Å². The van der Waals surface area contributed by atoms with Crippen LogP contribution in [0.3, 0.4) is 0 Å². The minimum absolute atomic E-state index is 0.559. The van der Waals surface area contributed by atoms with E-state index in [0.29, 0.717) is 6.54 Å². The highest BCUT2D eigenvalue weighted by Crippen LogP contribution is 2.44. The number of benzene rings is 8. The maximum absolute atomic E-state index is 6.45. The Balaban J connectivity index is 0.949. The number of furan rings is 1. The fourth-order valence-corrected chi connectivity index (χ4v) is 11.9. The van der Waals surface area contributed by atoms with Gasteiger partial charge in [-0.25, -0.2) is 0 Å². The van der Waals surface area contributed by atoms with Gasteiger partial charge in [-0.15, -0.1) is 22.7 Å². The van der Waals surface area contributed by atoms with Crippen LogP contribution in [0.25, 0.3) is 114 Å². The third kappa shape index (κ3) is 6.09. The SMILES string of the molecule is C=Cc1c(C=C)c2ccc(CN=Cc3cccc4oc5ccc(-c6cccc7sc8cc(-c9ccc%10c(CC)c(/C=C\C)sc%10c9)ccc8c67)cc5c34)cc2c2ccccc12. The van der Waals surface area contributed by atoms with Gasteiger partial charge in [-0.05, 0) is 133 Å². The zero-order valence-electron chi connectivity index (χ0n) is 34.1. The van der Waals surface area contributed by atoms with E-state index in [2.05, 4.69) is 173 Å². The minimum atomic E-state index is 0.559. The molecular formula is C57H41NOS2. The number of aryl methyl sites for hydroxylation is 1. The lowest BCUT2D eigenvalue weighted by Crippen LogP contribution is -1.91. The summed E-state index contributed by atoms with van der Waals surface area (Å²) in [5.74, 6) is 0. The predicted molar refractivity (Wildman–Crippen MR) is 270 cm³/mol. The van der Waals surface area contributed by atoms with Crippen molar-refractivity contribution in [3.05, 3.63) is 185 Å². The van der Waals surface area contributed by atoms with E-state index in [1.54, 1.807) is 0 Å². The van der Waals surface area contributed by atoms with Crippen molar-refractivity contribution in [3.8, 4) is 22.3 Å². The van der Waals surface area contributed by atoms with E-state index in [-0.39, 0.29) is 0 Å². The molecule has 3 heterocycles. The summed E-state index contributed by atoms with van der Waals surface area (Å²) in [6.45, 7) is 13.2. The molecule has 3 aromatic heterocycles. The molecule has 11 aromatic rings. The second-order valence-corrected chi connectivity index (χ2v) is 17.8. The molecule has 0 unspecified atom stereocenters. The standard InChI is InChI=1S/C57H41NOS2/c1-5-13-52-41(8-4)46-25-21-35(30-54(46)60-52)36-22-26-47-55(31-36)61-53-19-12-17-42(57(47)53)37-23-27-50-49(29-37)56-38(14-11-18-51(56)59-50)33-58-32-34-20-24-45-40(7-3)39(6-2)43-15-9-10-16-44(43)48(45)28-34/h5-7,9-31,33H,2-3,8,32H2,1,4H3/b13-5-,58-33?. The van der Waals surface area contributed by atoms with Crippen LogP contribution in [-0.2, 0) is 13.0 Å². The van der Waals surface area contributed by atoms with Gasteiger partial charge in [0.2, 0.25) is 0 Å². The van der Waals surface area contributed by atoms with Crippen LogP contribution in [0, 0.1) is 0 Å². The Hall–Kier alpha value is -6.85. The number of allylic oxidation sites excluding steroid dienone is 1. The zero-order chi connectivity index (χ0) is 41.2. The van der Waals surface area contributed by atoms with Crippen molar-refractivity contribution in [1.82, 2.24) is 0 Å². The Morgan fingerprint density at radius 3 is 2.08 bits per heavy atom. The van der Waals surface area contributed by atoms with Crippen molar-refractivity contribution in [1.29, 1.82) is 0 Å². The molecule has 61 heavy (non-hydrogen) atoms. The normalized spacial score (nSPS) is 12.2. The van der Waals surface area contributed by atoms with Gasteiger partial charge in [-0.3, -0.25) is 4.99 Å². The Morgan fingerprint density at radius 2 is 1.30 bits per heavy atom. The smallest absolute Gasteiger partial charge is 0.136 e. The van der Waals surface area contributed by atoms with Gasteiger partial charge in [-0.2, -0.15) is 0 Å². The number of hydrogen-bond donors (Lipinski definition) is 0. The van der Waals surface area contributed by atoms with Gasteiger partial charge < -0.3 is 4.42 Å². The third-order valence-electron chi connectivity index (χ3n) is 12.2. The maximum atomic E-state index is 6.45. The van der Waals surface area contributed by atoms with Crippen molar-refractivity contribution >= 4 is 121 Å². The van der Waals surface area contributed by atoms with Gasteiger partial charge in [-0.1, -0.05) is 129 Å². The predicted octanol–water partition coefficient (Wildman–Crippen LogP) is 17.3. The lowest BCUT2D eigenvalue weighted by molar-refractivity contribution is 0.669. The fourth-order valence-electron chi connectivity index (χ4n) is 9.45. The molecule has 0 N–H and O–H groups in total. The lowest BCUT2D eigenvalue weighted by Gasteiger charge is -2.13. The fraction of sp³-hybridized carbons (Fsp3) is 0.0702. The molecule has 0 saturated heterocycles. The van der Waals surface area contributed by atoms with E-state index in [1.807, 2.05) is 41.0 Å². The molecule has 0 radical (unpaired) electrons. The summed E-state index contributed by atoms with van der Waals surface area (Å²) < 4.78 is 10.4. The first-order chi connectivity index (χ1) is 30.0. The number of rotatable bonds is 9. The summed E-state index contributed by atoms with van der Waals surface area (Å²) in [5, 5.41) is 10.9. The van der Waals surface area contributed by atoms with Crippen molar-refractivity contribution in [3.63, 3.8) is 0 Å². The summed E-state index contributed by atoms with van der Waals surface area (Å²) >= 11 is 3.76. The second-order valence-electron chi connectivity index (χ2n) is 15.7. The molecule has 8 aromatic carbocycles. The van der Waals surface area contributed by atoms with Gasteiger partial charge in [0.05, 0.1) is 6.54 Å². The van der Waals surface area contributed by atoms with Crippen LogP contribution in [-0.4, -0.2) is 6.21 Å². The Morgan fingerprint density at radius 1 is 0.574 bits per heavy atom. The average Bonchev–Trinajstić information content (AvgIpc) is 3.98. The molecule has 0 spiro atoms. The van der Waals surface area contributed by atoms with Crippen molar-refractivity contribution in [2.45, 2.75) is 26.8 Å². The first-order valence-electron chi connectivity index (χ1n) is 20.9. The highest BCUT2D eigenvalue weighted by Gasteiger charge is 2.17. The van der Waals surface area contributed by atoms with E-state index in [9.17, 15) is 0 Å². The number of hydrogen-bond acceptors (Lipinski definition) is 4. The molecule has 0 aliphatic carbocycles. The van der Waals surface area contributed by atoms with Crippen LogP contribution in [0.5, 0.6) is 0 Å². The molecule has 11 rings (SSSR count). The van der Waals surface area contributed by atoms with Crippen molar-refractivity contribution < 1.29 is 4.42 Å². The quantitative estimate of drug-likeness (QED) is 0.105. The van der Waals surface area contributed by atoms with E-state index >= 15 is 0 Å². The number of aliphatic imine (C=N–C) groups is 1. The molecule has 0 aliphatic heterocycles. The molecule has 2 nitrogen and oxygen atoms in total. The van der Waals surface area contributed by atoms with Crippen LogP contribution in [0.15, 0.2) is 162 Å². The van der Waals surface area contributed by atoms with Crippen molar-refractivity contribution in [2.75, 3.05) is 0 Å². The molecule has 0 atom stereocenters. The summed E-state index contributed by atoms with van der Waals surface area (Å²) in [6.07, 6.45) is 11.3. The number of nitrogens with zero attached hydrogens (tertiary/aromatic N) is 1. The van der Waals surface area contributed by atoms with Gasteiger partial charge in [0.1, 0.15) is 11.2 Å². The summed E-state index contributed by atoms with van der Waals surface area (Å²) in [4.78, 5) is 6.38. The van der Waals surface area contributed by atoms with Crippen LogP contribution in [0.2, 0.25) is 0 Å². The summed E-state index contributed by atoms with van der Waals surface area (Å²) in [6, 6.07) is 48.7. The average molecular weight is 820 g/mol. The molecule has 292 valence electrons. The summed E-state index contributed by atoms with van der Waals surface area (Å²) in [7, 11) is 0. The van der Waals surface area contributed by atoms with Crippen LogP contribution in [0.4, 0.5) is 0 Å². The Labute approximate surface area is 362 Å². The first kappa shape index (κ1) is 37.2. The maximum Gasteiger partial charge on any atom is 0.136 e. The monoisotopic (exact) mass is 819 g/mol. The van der Waals surface area contributed by atoms with Crippen LogP contribution < -0.4 is 0 Å². The Bertz CT molecular complexity index is 3660. The molecular weight excluding hydrogens is 779 g/mol. The first-order valence-corrected chi connectivity index (χ1v) is 22.5. The molecule has 0 amide bonds. The Kier molecular flexibility index (Phi) is 9.14. The number of thiophene rings is 2. The molecule has 0 saturated carbocycles. The van der Waals surface area contributed by atoms with E-state index in [4.69, 9.17) is 9.41 Å².